The van der Waals surface area contributed by atoms with Crippen LogP contribution >= 0.6 is 0 Å². The summed E-state index contributed by atoms with van der Waals surface area (Å²) in [4.78, 5) is 10.9. The Kier molecular flexibility index (Phi) is 8.12. The zero-order chi connectivity index (χ0) is 27.5. The molecule has 2 aliphatic heterocycles. The van der Waals surface area contributed by atoms with Gasteiger partial charge in [0.25, 0.3) is 0 Å². The first-order valence-electron chi connectivity index (χ1n) is 11.9. The van der Waals surface area contributed by atoms with Gasteiger partial charge in [0.15, 0.2) is 0 Å². The van der Waals surface area contributed by atoms with E-state index < -0.39 is 27.9 Å². The summed E-state index contributed by atoms with van der Waals surface area (Å²) < 4.78 is 79.4. The summed E-state index contributed by atoms with van der Waals surface area (Å²) in [5, 5.41) is 3.04. The Bertz CT molecular complexity index is 1360. The molecule has 1 aliphatic carbocycles. The van der Waals surface area contributed by atoms with Crippen molar-refractivity contribution in [2.75, 3.05) is 6.54 Å². The Morgan fingerprint density at radius 3 is 2.45 bits per heavy atom. The number of aryl methyl sites for hydroxylation is 1. The Morgan fingerprint density at radius 1 is 1.18 bits per heavy atom. The summed E-state index contributed by atoms with van der Waals surface area (Å²) in [6, 6.07) is 6.49. The number of fused-ring (bicyclic) bond motifs is 1. The van der Waals surface area contributed by atoms with Crippen LogP contribution in [0.1, 0.15) is 36.7 Å². The highest BCUT2D eigenvalue weighted by Crippen LogP contribution is 2.48. The lowest BCUT2D eigenvalue weighted by molar-refractivity contribution is -0.145. The smallest absolute Gasteiger partial charge is 0.385 e. The predicted octanol–water partition coefficient (Wildman–Crippen LogP) is 5.04. The number of allylic oxidation sites excluding steroid dienone is 1. The fraction of sp³-hybridized carbons (Fsp3) is 0.346. The SMILES string of the molecule is C\C(F)=C/N=C(\C=C\c1cnc(C(F)(F)F)nc1)CNC=C[C@@H]1C2CC(C2)N1S(=O)(=O)c1ccc(C)cc1. The number of rotatable bonds is 9. The minimum absolute atomic E-state index is 0.0235. The molecule has 1 aromatic heterocycles. The molecule has 2 aromatic rings. The standard InChI is InChI=1S/C26H27F4N5O2S/c1-17-3-7-23(8-4-17)38(36,37)35-22-11-20(12-22)24(35)9-10-31-16-21(32-13-18(2)27)6-5-19-14-33-25(34-15-19)26(28,29)30/h3-10,13-15,20,22,24,31H,11-12,16H2,1-2H3/b6-5+,10-9?,18-13+,32-21+/t20?,22?,24-/m1/s1. The van der Waals surface area contributed by atoms with Crippen molar-refractivity contribution in [3.8, 4) is 0 Å². The second kappa shape index (κ2) is 11.2. The molecule has 2 saturated heterocycles. The van der Waals surface area contributed by atoms with Crippen molar-refractivity contribution in [1.82, 2.24) is 19.6 Å². The molecule has 0 amide bonds. The third kappa shape index (κ3) is 6.36. The van der Waals surface area contributed by atoms with E-state index in [-0.39, 0.29) is 29.4 Å². The van der Waals surface area contributed by atoms with Gasteiger partial charge in [0, 0.05) is 30.0 Å². The first-order chi connectivity index (χ1) is 17.9. The van der Waals surface area contributed by atoms with Crippen molar-refractivity contribution in [3.05, 3.63) is 84.0 Å². The van der Waals surface area contributed by atoms with Crippen molar-refractivity contribution in [2.24, 2.45) is 10.9 Å². The van der Waals surface area contributed by atoms with E-state index in [0.717, 1.165) is 37.0 Å². The van der Waals surface area contributed by atoms with Crippen LogP contribution in [0.2, 0.25) is 0 Å². The number of aliphatic imine (C=N–C) groups is 1. The monoisotopic (exact) mass is 549 g/mol. The third-order valence-electron chi connectivity index (χ3n) is 6.38. The van der Waals surface area contributed by atoms with Crippen LogP contribution in [-0.2, 0) is 16.2 Å². The molecular weight excluding hydrogens is 522 g/mol. The van der Waals surface area contributed by atoms with Crippen molar-refractivity contribution in [2.45, 2.75) is 49.8 Å². The molecule has 3 fully saturated rings. The summed E-state index contributed by atoms with van der Waals surface area (Å²) in [5.74, 6) is -1.52. The zero-order valence-corrected chi connectivity index (χ0v) is 21.5. The van der Waals surface area contributed by atoms with E-state index in [0.29, 0.717) is 11.3 Å². The zero-order valence-electron chi connectivity index (χ0n) is 20.7. The van der Waals surface area contributed by atoms with E-state index in [1.165, 1.54) is 19.1 Å². The van der Waals surface area contributed by atoms with Gasteiger partial charge in [0.2, 0.25) is 15.8 Å². The van der Waals surface area contributed by atoms with Crippen molar-refractivity contribution >= 4 is 21.8 Å². The number of hydrogen-bond donors (Lipinski definition) is 1. The van der Waals surface area contributed by atoms with Crippen molar-refractivity contribution < 1.29 is 26.0 Å². The molecule has 0 radical (unpaired) electrons. The molecule has 3 heterocycles. The Labute approximate surface area is 218 Å². The van der Waals surface area contributed by atoms with Gasteiger partial charge in [-0.25, -0.2) is 22.8 Å². The number of aromatic nitrogens is 2. The minimum atomic E-state index is -4.64. The first kappa shape index (κ1) is 27.6. The van der Waals surface area contributed by atoms with Gasteiger partial charge in [-0.2, -0.15) is 17.5 Å². The van der Waals surface area contributed by atoms with Crippen LogP contribution in [0.4, 0.5) is 17.6 Å². The van der Waals surface area contributed by atoms with Crippen LogP contribution in [0, 0.1) is 12.8 Å². The van der Waals surface area contributed by atoms with Gasteiger partial charge in [-0.15, -0.1) is 0 Å². The largest absolute Gasteiger partial charge is 0.451 e. The molecule has 3 aliphatic rings. The molecule has 1 aromatic carbocycles. The third-order valence-corrected chi connectivity index (χ3v) is 8.34. The molecule has 1 saturated carbocycles. The molecule has 1 N–H and O–H groups in total. The second-order valence-corrected chi connectivity index (χ2v) is 11.1. The number of hydrogen-bond acceptors (Lipinski definition) is 6. The lowest BCUT2D eigenvalue weighted by atomic mass is 9.83. The van der Waals surface area contributed by atoms with Crippen LogP contribution in [0.25, 0.3) is 6.08 Å². The molecule has 7 nitrogen and oxygen atoms in total. The van der Waals surface area contributed by atoms with E-state index in [1.807, 2.05) is 13.0 Å². The lowest BCUT2D eigenvalue weighted by Gasteiger charge is -2.25. The summed E-state index contributed by atoms with van der Waals surface area (Å²) in [6.07, 6.45) is 6.51. The molecule has 12 heteroatoms. The van der Waals surface area contributed by atoms with Crippen molar-refractivity contribution in [3.63, 3.8) is 0 Å². The highest BCUT2D eigenvalue weighted by molar-refractivity contribution is 7.89. The topological polar surface area (TPSA) is 87.6 Å². The van der Waals surface area contributed by atoms with Gasteiger partial charge >= 0.3 is 6.18 Å². The van der Waals surface area contributed by atoms with Gasteiger partial charge in [-0.05, 0) is 57.0 Å². The van der Waals surface area contributed by atoms with Crippen LogP contribution < -0.4 is 5.32 Å². The maximum atomic E-state index is 13.3. The van der Waals surface area contributed by atoms with Crippen LogP contribution in [-0.4, -0.2) is 47.0 Å². The van der Waals surface area contributed by atoms with E-state index >= 15 is 0 Å². The fourth-order valence-electron chi connectivity index (χ4n) is 4.41. The van der Waals surface area contributed by atoms with Gasteiger partial charge in [-0.1, -0.05) is 29.8 Å². The maximum absolute atomic E-state index is 13.3. The Balaban J connectivity index is 1.43. The summed E-state index contributed by atoms with van der Waals surface area (Å²) in [5.41, 5.74) is 1.67. The van der Waals surface area contributed by atoms with E-state index in [9.17, 15) is 26.0 Å². The number of nitrogens with one attached hydrogen (secondary N) is 1. The van der Waals surface area contributed by atoms with Crippen molar-refractivity contribution in [1.29, 1.82) is 0 Å². The normalized spacial score (nSPS) is 22.8. The summed E-state index contributed by atoms with van der Waals surface area (Å²) in [7, 11) is -3.65. The Hall–Kier alpha value is -3.38. The molecule has 5 rings (SSSR count). The summed E-state index contributed by atoms with van der Waals surface area (Å²) in [6.45, 7) is 3.29. The first-order valence-corrected chi connectivity index (χ1v) is 13.4. The number of halogens is 4. The molecule has 38 heavy (non-hydrogen) atoms. The van der Waals surface area contributed by atoms with Gasteiger partial charge in [-0.3, -0.25) is 4.99 Å². The quantitative estimate of drug-likeness (QED) is 0.350. The minimum Gasteiger partial charge on any atom is -0.385 e. The van der Waals surface area contributed by atoms with Gasteiger partial charge in [0.05, 0.1) is 23.4 Å². The Morgan fingerprint density at radius 2 is 1.84 bits per heavy atom. The van der Waals surface area contributed by atoms with Crippen LogP contribution in [0.3, 0.4) is 0 Å². The average Bonchev–Trinajstić information content (AvgIpc) is 3.38. The maximum Gasteiger partial charge on any atom is 0.451 e. The molecule has 2 bridgehead atoms. The van der Waals surface area contributed by atoms with E-state index in [4.69, 9.17) is 0 Å². The van der Waals surface area contributed by atoms with Gasteiger partial charge in [0.1, 0.15) is 5.83 Å². The predicted molar refractivity (Wildman–Crippen MR) is 136 cm³/mol. The second-order valence-electron chi connectivity index (χ2n) is 9.27. The van der Waals surface area contributed by atoms with Crippen LogP contribution in [0.5, 0.6) is 0 Å². The highest BCUT2D eigenvalue weighted by atomic mass is 32.2. The number of benzene rings is 1. The average molecular weight is 550 g/mol. The number of sulfonamides is 1. The molecule has 0 unspecified atom stereocenters. The molecular formula is C26H27F4N5O2S. The van der Waals surface area contributed by atoms with Crippen LogP contribution in [0.15, 0.2) is 76.9 Å². The number of alkyl halides is 3. The molecule has 202 valence electrons. The van der Waals surface area contributed by atoms with E-state index in [1.54, 1.807) is 34.8 Å². The highest BCUT2D eigenvalue weighted by Gasteiger charge is 2.54. The molecule has 0 spiro atoms. The van der Waals surface area contributed by atoms with Gasteiger partial charge < -0.3 is 5.32 Å². The summed E-state index contributed by atoms with van der Waals surface area (Å²) >= 11 is 0. The number of nitrogens with zero attached hydrogens (tertiary/aromatic N) is 4. The molecule has 1 atom stereocenters. The van der Waals surface area contributed by atoms with E-state index in [2.05, 4.69) is 20.3 Å². The lowest BCUT2D eigenvalue weighted by Crippen LogP contribution is -2.37. The fourth-order valence-corrected chi connectivity index (χ4v) is 6.26.